The summed E-state index contributed by atoms with van der Waals surface area (Å²) >= 11 is 0. The van der Waals surface area contributed by atoms with Crippen LogP contribution in [0, 0.1) is 6.92 Å². The third-order valence-corrected chi connectivity index (χ3v) is 5.19. The molecule has 2 aromatic carbocycles. The monoisotopic (exact) mass is 429 g/mol. The summed E-state index contributed by atoms with van der Waals surface area (Å²) in [7, 11) is 1.67. The van der Waals surface area contributed by atoms with Crippen LogP contribution < -0.4 is 0 Å². The van der Waals surface area contributed by atoms with Gasteiger partial charge in [-0.1, -0.05) is 35.5 Å². The van der Waals surface area contributed by atoms with Crippen molar-refractivity contribution in [2.24, 2.45) is 0 Å². The molecule has 7 nitrogen and oxygen atoms in total. The molecule has 4 rings (SSSR count). The van der Waals surface area contributed by atoms with Gasteiger partial charge in [0, 0.05) is 36.5 Å². The average molecular weight is 429 g/mol. The van der Waals surface area contributed by atoms with Crippen LogP contribution in [0.4, 0.5) is 0 Å². The fourth-order valence-corrected chi connectivity index (χ4v) is 3.54. The molecule has 0 fully saturated rings. The van der Waals surface area contributed by atoms with E-state index in [9.17, 15) is 4.79 Å². The Balaban J connectivity index is 1.60. The van der Waals surface area contributed by atoms with Crippen LogP contribution in [0.15, 0.2) is 65.3 Å². The average Bonchev–Trinajstić information content (AvgIpc) is 3.29. The van der Waals surface area contributed by atoms with Crippen LogP contribution in [0.5, 0.6) is 0 Å². The lowest BCUT2D eigenvalue weighted by Gasteiger charge is -2.12. The highest BCUT2D eigenvalue weighted by atomic mass is 16.5. The number of carboxylic acids is 1. The lowest BCUT2D eigenvalue weighted by atomic mass is 9.94. The minimum Gasteiger partial charge on any atom is -0.481 e. The second-order valence-electron chi connectivity index (χ2n) is 7.47. The van der Waals surface area contributed by atoms with Gasteiger partial charge in [-0.25, -0.2) is 0 Å². The Labute approximate surface area is 185 Å². The van der Waals surface area contributed by atoms with E-state index >= 15 is 0 Å². The molecule has 0 radical (unpaired) electrons. The molecule has 0 saturated heterocycles. The standard InChI is InChI=1S/C25H23N3O4/c1-16-5-3-4-6-21(16)22-11-8-17(13-19(22)15-31-2)25-27-24(28-32-25)18-7-9-20(26-14-18)10-12-23(29)30/h3-9,11,13-14H,10,12,15H2,1-2H3,(H,29,30). The summed E-state index contributed by atoms with van der Waals surface area (Å²) in [6, 6.07) is 17.9. The van der Waals surface area contributed by atoms with Gasteiger partial charge in [0.05, 0.1) is 13.0 Å². The maximum absolute atomic E-state index is 10.7. The van der Waals surface area contributed by atoms with E-state index in [4.69, 9.17) is 14.4 Å². The molecule has 7 heteroatoms. The molecule has 4 aromatic rings. The van der Waals surface area contributed by atoms with E-state index < -0.39 is 5.97 Å². The minimum atomic E-state index is -0.847. The SMILES string of the molecule is COCc1cc(-c2nc(-c3ccc(CCC(=O)O)nc3)no2)ccc1-c1ccccc1C. The van der Waals surface area contributed by atoms with Crippen LogP contribution in [0.1, 0.15) is 23.2 Å². The number of nitrogens with zero attached hydrogens (tertiary/aromatic N) is 3. The molecule has 0 atom stereocenters. The highest BCUT2D eigenvalue weighted by molar-refractivity contribution is 5.74. The van der Waals surface area contributed by atoms with Gasteiger partial charge in [0.1, 0.15) is 0 Å². The van der Waals surface area contributed by atoms with Crippen molar-refractivity contribution in [3.8, 4) is 34.0 Å². The Hall–Kier alpha value is -3.84. The summed E-state index contributed by atoms with van der Waals surface area (Å²) in [6.45, 7) is 2.55. The van der Waals surface area contributed by atoms with Crippen molar-refractivity contribution in [1.29, 1.82) is 0 Å². The van der Waals surface area contributed by atoms with Crippen molar-refractivity contribution in [3.05, 3.63) is 77.6 Å². The molecule has 162 valence electrons. The number of aliphatic carboxylic acids is 1. The fourth-order valence-electron chi connectivity index (χ4n) is 3.54. The molecule has 2 heterocycles. The molecule has 0 aliphatic carbocycles. The number of aromatic nitrogens is 3. The van der Waals surface area contributed by atoms with Crippen molar-refractivity contribution in [3.63, 3.8) is 0 Å². The van der Waals surface area contributed by atoms with Gasteiger partial charge in [0.15, 0.2) is 0 Å². The van der Waals surface area contributed by atoms with Gasteiger partial charge in [-0.2, -0.15) is 4.98 Å². The Morgan fingerprint density at radius 2 is 1.88 bits per heavy atom. The van der Waals surface area contributed by atoms with Crippen molar-refractivity contribution in [2.75, 3.05) is 7.11 Å². The molecular formula is C25H23N3O4. The number of rotatable bonds is 8. The zero-order valence-corrected chi connectivity index (χ0v) is 17.9. The van der Waals surface area contributed by atoms with Crippen LogP contribution in [0.2, 0.25) is 0 Å². The van der Waals surface area contributed by atoms with E-state index in [1.165, 1.54) is 5.56 Å². The summed E-state index contributed by atoms with van der Waals surface area (Å²) in [5, 5.41) is 12.9. The quantitative estimate of drug-likeness (QED) is 0.424. The number of carbonyl (C=O) groups is 1. The lowest BCUT2D eigenvalue weighted by Crippen LogP contribution is -1.99. The normalized spacial score (nSPS) is 10.9. The zero-order chi connectivity index (χ0) is 22.5. The first-order valence-corrected chi connectivity index (χ1v) is 10.2. The summed E-state index contributed by atoms with van der Waals surface area (Å²) in [5.74, 6) is -0.0165. The number of hydrogen-bond donors (Lipinski definition) is 1. The predicted octanol–water partition coefficient (Wildman–Crippen LogP) is 4.94. The largest absolute Gasteiger partial charge is 0.481 e. The predicted molar refractivity (Wildman–Crippen MR) is 120 cm³/mol. The number of carboxylic acid groups (broad SMARTS) is 1. The Morgan fingerprint density at radius 1 is 1.06 bits per heavy atom. The maximum Gasteiger partial charge on any atom is 0.303 e. The molecule has 1 N–H and O–H groups in total. The topological polar surface area (TPSA) is 98.3 Å². The van der Waals surface area contributed by atoms with Crippen molar-refractivity contribution >= 4 is 5.97 Å². The Kier molecular flexibility index (Phi) is 6.37. The van der Waals surface area contributed by atoms with Gasteiger partial charge >= 0.3 is 5.97 Å². The first-order valence-electron chi connectivity index (χ1n) is 10.2. The van der Waals surface area contributed by atoms with Crippen molar-refractivity contribution < 1.29 is 19.2 Å². The minimum absolute atomic E-state index is 0.0427. The number of hydrogen-bond acceptors (Lipinski definition) is 6. The number of benzene rings is 2. The fraction of sp³-hybridized carbons (Fsp3) is 0.200. The summed E-state index contributed by atoms with van der Waals surface area (Å²) in [5.41, 5.74) is 6.70. The molecule has 32 heavy (non-hydrogen) atoms. The Bertz CT molecular complexity index is 1230. The number of methoxy groups -OCH3 is 1. The molecular weight excluding hydrogens is 406 g/mol. The van der Waals surface area contributed by atoms with Gasteiger partial charge in [-0.15, -0.1) is 0 Å². The van der Waals surface area contributed by atoms with Gasteiger partial charge in [0.25, 0.3) is 5.89 Å². The van der Waals surface area contributed by atoms with Crippen molar-refractivity contribution in [1.82, 2.24) is 15.1 Å². The van der Waals surface area contributed by atoms with Gasteiger partial charge in [-0.3, -0.25) is 9.78 Å². The number of ether oxygens (including phenoxy) is 1. The van der Waals surface area contributed by atoms with Gasteiger partial charge < -0.3 is 14.4 Å². The third-order valence-electron chi connectivity index (χ3n) is 5.19. The van der Waals surface area contributed by atoms with Crippen LogP contribution in [-0.4, -0.2) is 33.3 Å². The highest BCUT2D eigenvalue weighted by Gasteiger charge is 2.15. The summed E-state index contributed by atoms with van der Waals surface area (Å²) < 4.78 is 10.9. The number of pyridine rings is 1. The second-order valence-corrected chi connectivity index (χ2v) is 7.47. The van der Waals surface area contributed by atoms with E-state index in [2.05, 4.69) is 40.2 Å². The van der Waals surface area contributed by atoms with Gasteiger partial charge in [0.2, 0.25) is 5.82 Å². The zero-order valence-electron chi connectivity index (χ0n) is 17.9. The van der Waals surface area contributed by atoms with E-state index in [1.54, 1.807) is 19.4 Å². The number of aryl methyl sites for hydroxylation is 2. The molecule has 0 bridgehead atoms. The van der Waals surface area contributed by atoms with E-state index in [1.807, 2.05) is 30.3 Å². The van der Waals surface area contributed by atoms with E-state index in [0.29, 0.717) is 36.0 Å². The van der Waals surface area contributed by atoms with E-state index in [-0.39, 0.29) is 6.42 Å². The van der Waals surface area contributed by atoms with Crippen LogP contribution in [0.3, 0.4) is 0 Å². The lowest BCUT2D eigenvalue weighted by molar-refractivity contribution is -0.136. The second kappa shape index (κ2) is 9.53. The molecule has 0 aliphatic rings. The molecule has 0 spiro atoms. The maximum atomic E-state index is 10.7. The molecule has 0 saturated carbocycles. The smallest absolute Gasteiger partial charge is 0.303 e. The Morgan fingerprint density at radius 3 is 2.59 bits per heavy atom. The van der Waals surface area contributed by atoms with Crippen LogP contribution in [0.25, 0.3) is 34.0 Å². The van der Waals surface area contributed by atoms with Crippen LogP contribution in [-0.2, 0) is 22.6 Å². The van der Waals surface area contributed by atoms with Crippen molar-refractivity contribution in [2.45, 2.75) is 26.4 Å². The van der Waals surface area contributed by atoms with Crippen LogP contribution >= 0.6 is 0 Å². The molecule has 0 unspecified atom stereocenters. The summed E-state index contributed by atoms with van der Waals surface area (Å²) in [6.07, 6.45) is 2.05. The van der Waals surface area contributed by atoms with Gasteiger partial charge in [-0.05, 0) is 53.4 Å². The highest BCUT2D eigenvalue weighted by Crippen LogP contribution is 2.31. The molecule has 0 amide bonds. The first-order chi connectivity index (χ1) is 15.5. The third kappa shape index (κ3) is 4.73. The first kappa shape index (κ1) is 21.4. The summed E-state index contributed by atoms with van der Waals surface area (Å²) in [4.78, 5) is 19.5. The van der Waals surface area contributed by atoms with E-state index in [0.717, 1.165) is 22.3 Å². The molecule has 0 aliphatic heterocycles. The molecule has 2 aromatic heterocycles.